The Balaban J connectivity index is 2.09. The van der Waals surface area contributed by atoms with Crippen LogP contribution < -0.4 is 4.90 Å². The highest BCUT2D eigenvalue weighted by Crippen LogP contribution is 2.30. The molecule has 0 amide bonds. The van der Waals surface area contributed by atoms with Crippen molar-refractivity contribution >= 4 is 28.2 Å². The van der Waals surface area contributed by atoms with E-state index in [4.69, 9.17) is 16.3 Å². The van der Waals surface area contributed by atoms with Gasteiger partial charge in [-0.3, -0.25) is 0 Å². The third-order valence-corrected chi connectivity index (χ3v) is 3.18. The van der Waals surface area contributed by atoms with Gasteiger partial charge in [-0.2, -0.15) is 0 Å². The van der Waals surface area contributed by atoms with Crippen molar-refractivity contribution < 1.29 is 4.74 Å². The minimum absolute atomic E-state index is 0.774. The number of nitrogens with one attached hydrogen (secondary N) is 1. The van der Waals surface area contributed by atoms with Gasteiger partial charge in [0.25, 0.3) is 0 Å². The van der Waals surface area contributed by atoms with Gasteiger partial charge in [-0.05, 0) is 18.2 Å². The molecule has 16 heavy (non-hydrogen) atoms. The van der Waals surface area contributed by atoms with E-state index >= 15 is 0 Å². The number of aromatic amines is 1. The summed E-state index contributed by atoms with van der Waals surface area (Å²) in [5.41, 5.74) is 2.29. The number of hydrogen-bond donors (Lipinski definition) is 1. The molecule has 1 N–H and O–H groups in total. The Morgan fingerprint density at radius 3 is 2.88 bits per heavy atom. The number of anilines is 1. The quantitative estimate of drug-likeness (QED) is 0.825. The molecule has 0 aliphatic carbocycles. The molecule has 1 aromatic heterocycles. The lowest BCUT2D eigenvalue weighted by Crippen LogP contribution is -2.36. The van der Waals surface area contributed by atoms with E-state index in [-0.39, 0.29) is 0 Å². The van der Waals surface area contributed by atoms with E-state index < -0.39 is 0 Å². The number of morpholine rings is 1. The lowest BCUT2D eigenvalue weighted by Gasteiger charge is -2.29. The molecule has 0 saturated carbocycles. The minimum atomic E-state index is 0.774. The van der Waals surface area contributed by atoms with E-state index in [1.807, 2.05) is 18.3 Å². The Hall–Kier alpha value is -1.19. The average molecular weight is 237 g/mol. The summed E-state index contributed by atoms with van der Waals surface area (Å²) in [5, 5.41) is 2.00. The van der Waals surface area contributed by atoms with Gasteiger partial charge < -0.3 is 14.6 Å². The number of aromatic nitrogens is 1. The Labute approximate surface area is 99.0 Å². The Morgan fingerprint density at radius 2 is 2.06 bits per heavy atom. The molecule has 0 spiro atoms. The van der Waals surface area contributed by atoms with Crippen molar-refractivity contribution in [1.82, 2.24) is 4.98 Å². The molecule has 1 aliphatic heterocycles. The molecule has 2 aromatic rings. The van der Waals surface area contributed by atoms with Crippen molar-refractivity contribution in [2.45, 2.75) is 0 Å². The molecule has 0 bridgehead atoms. The molecule has 1 aliphatic rings. The minimum Gasteiger partial charge on any atom is -0.378 e. The summed E-state index contributed by atoms with van der Waals surface area (Å²) in [6.07, 6.45) is 1.95. The average Bonchev–Trinajstić information content (AvgIpc) is 2.77. The van der Waals surface area contributed by atoms with Gasteiger partial charge in [0.15, 0.2) is 0 Å². The van der Waals surface area contributed by atoms with Crippen LogP contribution in [0.5, 0.6) is 0 Å². The smallest absolute Gasteiger partial charge is 0.0642 e. The van der Waals surface area contributed by atoms with Crippen LogP contribution in [0.25, 0.3) is 10.9 Å². The van der Waals surface area contributed by atoms with Crippen LogP contribution >= 0.6 is 11.6 Å². The van der Waals surface area contributed by atoms with Crippen LogP contribution in [0.1, 0.15) is 0 Å². The van der Waals surface area contributed by atoms with Crippen molar-refractivity contribution in [3.8, 4) is 0 Å². The summed E-state index contributed by atoms with van der Waals surface area (Å²) < 4.78 is 5.36. The highest BCUT2D eigenvalue weighted by molar-refractivity contribution is 6.31. The second-order valence-corrected chi connectivity index (χ2v) is 4.40. The van der Waals surface area contributed by atoms with Gasteiger partial charge in [-0.15, -0.1) is 0 Å². The van der Waals surface area contributed by atoms with Crippen LogP contribution in [-0.2, 0) is 4.74 Å². The number of nitrogens with zero attached hydrogens (tertiary/aromatic N) is 1. The zero-order chi connectivity index (χ0) is 11.0. The first kappa shape index (κ1) is 10.00. The highest BCUT2D eigenvalue weighted by Gasteiger charge is 2.14. The molecule has 84 valence electrons. The maximum Gasteiger partial charge on any atom is 0.0642 e. The summed E-state index contributed by atoms with van der Waals surface area (Å²) in [5.74, 6) is 0. The van der Waals surface area contributed by atoms with Crippen LogP contribution in [0, 0.1) is 0 Å². The molecule has 0 atom stereocenters. The molecule has 0 unspecified atom stereocenters. The second-order valence-electron chi connectivity index (χ2n) is 3.96. The number of benzene rings is 1. The van der Waals surface area contributed by atoms with Gasteiger partial charge in [0.2, 0.25) is 0 Å². The van der Waals surface area contributed by atoms with Crippen LogP contribution in [-0.4, -0.2) is 31.3 Å². The maximum absolute atomic E-state index is 6.12. The second kappa shape index (κ2) is 4.00. The monoisotopic (exact) mass is 236 g/mol. The Morgan fingerprint density at radius 1 is 1.25 bits per heavy atom. The number of rotatable bonds is 1. The lowest BCUT2D eigenvalue weighted by atomic mass is 10.2. The van der Waals surface area contributed by atoms with E-state index in [1.54, 1.807) is 0 Å². The number of hydrogen-bond acceptors (Lipinski definition) is 2. The molecular weight excluding hydrogens is 224 g/mol. The largest absolute Gasteiger partial charge is 0.378 e. The SMILES string of the molecule is Clc1cc(N2CCOCC2)c2cc[nH]c2c1. The fraction of sp³-hybridized carbons (Fsp3) is 0.333. The Bertz CT molecular complexity index is 503. The fourth-order valence-electron chi connectivity index (χ4n) is 2.18. The molecule has 3 rings (SSSR count). The predicted octanol–water partition coefficient (Wildman–Crippen LogP) is 2.66. The standard InChI is InChI=1S/C12H13ClN2O/c13-9-7-11-10(1-2-14-11)12(8-9)15-3-5-16-6-4-15/h1-2,7-8,14H,3-6H2. The van der Waals surface area contributed by atoms with E-state index in [1.165, 1.54) is 11.1 Å². The van der Waals surface area contributed by atoms with Crippen molar-refractivity contribution in [3.63, 3.8) is 0 Å². The first-order chi connectivity index (χ1) is 7.84. The van der Waals surface area contributed by atoms with Gasteiger partial charge in [0, 0.05) is 40.9 Å². The zero-order valence-electron chi connectivity index (χ0n) is 8.87. The number of H-pyrrole nitrogens is 1. The van der Waals surface area contributed by atoms with Gasteiger partial charge in [0.1, 0.15) is 0 Å². The highest BCUT2D eigenvalue weighted by atomic mass is 35.5. The summed E-state index contributed by atoms with van der Waals surface area (Å²) in [6.45, 7) is 3.44. The normalized spacial score (nSPS) is 16.9. The number of fused-ring (bicyclic) bond motifs is 1. The van der Waals surface area contributed by atoms with Gasteiger partial charge >= 0.3 is 0 Å². The third-order valence-electron chi connectivity index (χ3n) is 2.96. The van der Waals surface area contributed by atoms with Crippen LogP contribution in [0.3, 0.4) is 0 Å². The van der Waals surface area contributed by atoms with E-state index in [2.05, 4.69) is 16.0 Å². The molecule has 1 saturated heterocycles. The van der Waals surface area contributed by atoms with E-state index in [0.29, 0.717) is 0 Å². The topological polar surface area (TPSA) is 28.3 Å². The van der Waals surface area contributed by atoms with Gasteiger partial charge in [-0.1, -0.05) is 11.6 Å². The van der Waals surface area contributed by atoms with Crippen molar-refractivity contribution in [3.05, 3.63) is 29.4 Å². The first-order valence-electron chi connectivity index (χ1n) is 5.44. The molecule has 1 fully saturated rings. The van der Waals surface area contributed by atoms with Crippen molar-refractivity contribution in [2.24, 2.45) is 0 Å². The molecule has 1 aromatic carbocycles. The van der Waals surface area contributed by atoms with Crippen LogP contribution in [0.15, 0.2) is 24.4 Å². The lowest BCUT2D eigenvalue weighted by molar-refractivity contribution is 0.123. The van der Waals surface area contributed by atoms with Crippen molar-refractivity contribution in [1.29, 1.82) is 0 Å². The number of ether oxygens (including phenoxy) is 1. The van der Waals surface area contributed by atoms with Crippen LogP contribution in [0.2, 0.25) is 5.02 Å². The number of halogens is 1. The summed E-state index contributed by atoms with van der Waals surface area (Å²) in [7, 11) is 0. The van der Waals surface area contributed by atoms with Crippen molar-refractivity contribution in [2.75, 3.05) is 31.2 Å². The Kier molecular flexibility index (Phi) is 2.50. The first-order valence-corrected chi connectivity index (χ1v) is 5.82. The van der Waals surface area contributed by atoms with E-state index in [9.17, 15) is 0 Å². The van der Waals surface area contributed by atoms with Crippen LogP contribution in [0.4, 0.5) is 5.69 Å². The summed E-state index contributed by atoms with van der Waals surface area (Å²) in [6, 6.07) is 6.08. The third kappa shape index (κ3) is 1.66. The fourth-order valence-corrected chi connectivity index (χ4v) is 2.39. The molecule has 4 heteroatoms. The molecule has 2 heterocycles. The predicted molar refractivity (Wildman–Crippen MR) is 66.3 cm³/mol. The summed E-state index contributed by atoms with van der Waals surface area (Å²) in [4.78, 5) is 5.52. The van der Waals surface area contributed by atoms with Gasteiger partial charge in [-0.25, -0.2) is 0 Å². The molecular formula is C12H13ClN2O. The summed E-state index contributed by atoms with van der Waals surface area (Å²) >= 11 is 6.12. The maximum atomic E-state index is 6.12. The molecule has 0 radical (unpaired) electrons. The molecule has 3 nitrogen and oxygen atoms in total. The van der Waals surface area contributed by atoms with Gasteiger partial charge in [0.05, 0.1) is 13.2 Å². The van der Waals surface area contributed by atoms with E-state index in [0.717, 1.165) is 36.8 Å². The zero-order valence-corrected chi connectivity index (χ0v) is 9.63.